The van der Waals surface area contributed by atoms with E-state index in [1.54, 1.807) is 0 Å². The molecule has 0 aliphatic carbocycles. The van der Waals surface area contributed by atoms with Gasteiger partial charge < -0.3 is 14.6 Å². The second-order valence-electron chi connectivity index (χ2n) is 6.38. The van der Waals surface area contributed by atoms with Crippen LogP contribution in [0, 0.1) is 0 Å². The standard InChI is InChI=1S/C19H27Cl2N3O2/c1-23-18-8-7-15(24(11-9-20)12-10-21)13-17(18)22-19(23)6-4-2-3-5-16(26)14-25/h7-8,13,25H,2-6,9-12,14H2,1H3. The summed E-state index contributed by atoms with van der Waals surface area (Å²) in [7, 11) is 2.04. The number of aliphatic hydroxyl groups excluding tert-OH is 1. The fourth-order valence-corrected chi connectivity index (χ4v) is 3.50. The summed E-state index contributed by atoms with van der Waals surface area (Å²) in [5.74, 6) is 2.08. The molecule has 2 aromatic rings. The van der Waals surface area contributed by atoms with Crippen molar-refractivity contribution in [3.8, 4) is 0 Å². The van der Waals surface area contributed by atoms with Gasteiger partial charge in [-0.15, -0.1) is 23.2 Å². The molecule has 1 N–H and O–H groups in total. The number of halogens is 2. The van der Waals surface area contributed by atoms with Crippen LogP contribution in [0.5, 0.6) is 0 Å². The van der Waals surface area contributed by atoms with Crippen LogP contribution in [0.25, 0.3) is 11.0 Å². The van der Waals surface area contributed by atoms with Crippen LogP contribution in [-0.2, 0) is 18.3 Å². The molecule has 26 heavy (non-hydrogen) atoms. The van der Waals surface area contributed by atoms with Gasteiger partial charge in [-0.05, 0) is 31.0 Å². The molecule has 0 saturated carbocycles. The predicted octanol–water partition coefficient (Wildman–Crippen LogP) is 3.52. The van der Waals surface area contributed by atoms with Crippen molar-refractivity contribution >= 4 is 45.7 Å². The average Bonchev–Trinajstić information content (AvgIpc) is 2.96. The average molecular weight is 400 g/mol. The molecule has 0 bridgehead atoms. The van der Waals surface area contributed by atoms with E-state index in [2.05, 4.69) is 27.7 Å². The van der Waals surface area contributed by atoms with E-state index in [9.17, 15) is 4.79 Å². The lowest BCUT2D eigenvalue weighted by Crippen LogP contribution is -2.27. The molecule has 0 radical (unpaired) electrons. The number of alkyl halides is 2. The Morgan fingerprint density at radius 1 is 1.19 bits per heavy atom. The highest BCUT2D eigenvalue weighted by Gasteiger charge is 2.11. The molecular weight excluding hydrogens is 373 g/mol. The lowest BCUT2D eigenvalue weighted by Gasteiger charge is -2.22. The number of hydrogen-bond acceptors (Lipinski definition) is 4. The summed E-state index contributed by atoms with van der Waals surface area (Å²) in [4.78, 5) is 18.1. The first-order valence-electron chi connectivity index (χ1n) is 9.05. The van der Waals surface area contributed by atoms with Gasteiger partial charge in [0.1, 0.15) is 12.4 Å². The molecule has 5 nitrogen and oxygen atoms in total. The third-order valence-corrected chi connectivity index (χ3v) is 4.90. The van der Waals surface area contributed by atoms with Gasteiger partial charge in [0.05, 0.1) is 11.0 Å². The predicted molar refractivity (Wildman–Crippen MR) is 109 cm³/mol. The molecular formula is C19H27Cl2N3O2. The molecule has 7 heteroatoms. The van der Waals surface area contributed by atoms with E-state index < -0.39 is 0 Å². The van der Waals surface area contributed by atoms with E-state index in [1.807, 2.05) is 7.05 Å². The molecule has 0 fully saturated rings. The lowest BCUT2D eigenvalue weighted by atomic mass is 10.1. The van der Waals surface area contributed by atoms with Crippen LogP contribution < -0.4 is 4.90 Å². The third kappa shape index (κ3) is 5.60. The van der Waals surface area contributed by atoms with Gasteiger partial charge in [-0.3, -0.25) is 4.79 Å². The number of rotatable bonds is 12. The zero-order valence-electron chi connectivity index (χ0n) is 15.3. The van der Waals surface area contributed by atoms with Crippen LogP contribution in [0.2, 0.25) is 0 Å². The Bertz CT molecular complexity index is 712. The second kappa shape index (κ2) is 10.8. The van der Waals surface area contributed by atoms with E-state index in [-0.39, 0.29) is 12.4 Å². The van der Waals surface area contributed by atoms with Gasteiger partial charge in [-0.2, -0.15) is 0 Å². The van der Waals surface area contributed by atoms with Crippen LogP contribution >= 0.6 is 23.2 Å². The molecule has 0 unspecified atom stereocenters. The zero-order chi connectivity index (χ0) is 18.9. The molecule has 2 rings (SSSR count). The zero-order valence-corrected chi connectivity index (χ0v) is 16.8. The monoisotopic (exact) mass is 399 g/mol. The van der Waals surface area contributed by atoms with Crippen molar-refractivity contribution < 1.29 is 9.90 Å². The molecule has 0 spiro atoms. The van der Waals surface area contributed by atoms with Crippen molar-refractivity contribution in [2.75, 3.05) is 36.4 Å². The topological polar surface area (TPSA) is 58.4 Å². The van der Waals surface area contributed by atoms with Crippen molar-refractivity contribution in [3.05, 3.63) is 24.0 Å². The highest BCUT2D eigenvalue weighted by atomic mass is 35.5. The third-order valence-electron chi connectivity index (χ3n) is 4.56. The van der Waals surface area contributed by atoms with Crippen LogP contribution in [0.15, 0.2) is 18.2 Å². The van der Waals surface area contributed by atoms with Gasteiger partial charge in [0.15, 0.2) is 5.78 Å². The molecule has 0 aliphatic heterocycles. The molecule has 1 aromatic carbocycles. The number of hydrogen-bond donors (Lipinski definition) is 1. The number of anilines is 1. The van der Waals surface area contributed by atoms with Crippen molar-refractivity contribution in [3.63, 3.8) is 0 Å². The Labute approximate surface area is 164 Å². The van der Waals surface area contributed by atoms with E-state index in [0.29, 0.717) is 18.2 Å². The fourth-order valence-electron chi connectivity index (χ4n) is 3.09. The highest BCUT2D eigenvalue weighted by Crippen LogP contribution is 2.23. The summed E-state index contributed by atoms with van der Waals surface area (Å²) in [5.41, 5.74) is 3.17. The fraction of sp³-hybridized carbons (Fsp3) is 0.579. The SMILES string of the molecule is Cn1c(CCCCCC(=O)CO)nc2cc(N(CCCl)CCCl)ccc21. The number of fused-ring (bicyclic) bond motifs is 1. The first-order chi connectivity index (χ1) is 12.6. The number of carbonyl (C=O) groups excluding carboxylic acids is 1. The molecule has 0 atom stereocenters. The number of imidazole rings is 1. The summed E-state index contributed by atoms with van der Waals surface area (Å²) < 4.78 is 2.13. The van der Waals surface area contributed by atoms with Gasteiger partial charge in [-0.1, -0.05) is 6.42 Å². The highest BCUT2D eigenvalue weighted by molar-refractivity contribution is 6.18. The maximum absolute atomic E-state index is 11.1. The van der Waals surface area contributed by atoms with Crippen LogP contribution in [0.1, 0.15) is 31.5 Å². The van der Waals surface area contributed by atoms with Crippen LogP contribution in [0.4, 0.5) is 5.69 Å². The van der Waals surface area contributed by atoms with E-state index in [1.165, 1.54) is 0 Å². The Kier molecular flexibility index (Phi) is 8.69. The summed E-state index contributed by atoms with van der Waals surface area (Å²) in [6.45, 7) is 1.16. The Hall–Kier alpha value is -1.30. The maximum atomic E-state index is 11.1. The Morgan fingerprint density at radius 3 is 2.58 bits per heavy atom. The first kappa shape index (κ1) is 21.0. The van der Waals surface area contributed by atoms with Crippen LogP contribution in [0.3, 0.4) is 0 Å². The minimum atomic E-state index is -0.350. The van der Waals surface area contributed by atoms with Gasteiger partial charge >= 0.3 is 0 Å². The Morgan fingerprint density at radius 2 is 1.92 bits per heavy atom. The Balaban J connectivity index is 2.03. The van der Waals surface area contributed by atoms with E-state index in [4.69, 9.17) is 33.3 Å². The number of carbonyl (C=O) groups is 1. The van der Waals surface area contributed by atoms with Crippen LogP contribution in [-0.4, -0.2) is 51.9 Å². The minimum absolute atomic E-state index is 0.0845. The molecule has 0 saturated heterocycles. The van der Waals surface area contributed by atoms with Gasteiger partial charge in [0.25, 0.3) is 0 Å². The van der Waals surface area contributed by atoms with Crippen molar-refractivity contribution in [2.45, 2.75) is 32.1 Å². The number of aryl methyl sites for hydroxylation is 2. The normalized spacial score (nSPS) is 11.2. The largest absolute Gasteiger partial charge is 0.389 e. The first-order valence-corrected chi connectivity index (χ1v) is 10.1. The number of nitrogens with zero attached hydrogens (tertiary/aromatic N) is 3. The summed E-state index contributed by atoms with van der Waals surface area (Å²) in [6.07, 6.45) is 4.09. The van der Waals surface area contributed by atoms with E-state index in [0.717, 1.165) is 61.3 Å². The minimum Gasteiger partial charge on any atom is -0.389 e. The van der Waals surface area contributed by atoms with Crippen molar-refractivity contribution in [2.24, 2.45) is 7.05 Å². The molecule has 144 valence electrons. The van der Waals surface area contributed by atoms with E-state index >= 15 is 0 Å². The number of unbranched alkanes of at least 4 members (excludes halogenated alkanes) is 2. The van der Waals surface area contributed by atoms with Crippen molar-refractivity contribution in [1.82, 2.24) is 9.55 Å². The van der Waals surface area contributed by atoms with Gasteiger partial charge in [-0.25, -0.2) is 4.98 Å². The van der Waals surface area contributed by atoms with Crippen molar-refractivity contribution in [1.29, 1.82) is 0 Å². The summed E-state index contributed by atoms with van der Waals surface area (Å²) in [5, 5.41) is 8.73. The quantitative estimate of drug-likeness (QED) is 0.438. The lowest BCUT2D eigenvalue weighted by molar-refractivity contribution is -0.121. The molecule has 1 aromatic heterocycles. The number of aliphatic hydroxyl groups is 1. The second-order valence-corrected chi connectivity index (χ2v) is 7.14. The number of Topliss-reactive ketones (excluding diaryl/α,β-unsaturated/α-hetero) is 1. The summed E-state index contributed by atoms with van der Waals surface area (Å²) >= 11 is 11.8. The smallest absolute Gasteiger partial charge is 0.158 e. The number of benzene rings is 1. The number of aromatic nitrogens is 2. The van der Waals surface area contributed by atoms with Gasteiger partial charge in [0.2, 0.25) is 0 Å². The molecule has 0 aliphatic rings. The van der Waals surface area contributed by atoms with Gasteiger partial charge in [0, 0.05) is 50.4 Å². The molecule has 1 heterocycles. The summed E-state index contributed by atoms with van der Waals surface area (Å²) in [6, 6.07) is 6.28. The molecule has 0 amide bonds. The maximum Gasteiger partial charge on any atom is 0.158 e. The number of ketones is 1.